The van der Waals surface area contributed by atoms with Crippen molar-refractivity contribution in [2.24, 2.45) is 0 Å². The summed E-state index contributed by atoms with van der Waals surface area (Å²) >= 11 is 0. The molecule has 3 aromatic rings. The number of pyridine rings is 1. The number of rotatable bonds is 9. The number of nitrogens with zero attached hydrogens (tertiary/aromatic N) is 7. The smallest absolute Gasteiger partial charge is 0.343 e. The molecule has 13 heteroatoms. The molecule has 1 saturated heterocycles. The highest BCUT2D eigenvalue weighted by Gasteiger charge is 2.40. The van der Waals surface area contributed by atoms with E-state index in [1.807, 2.05) is 43.0 Å². The SMILES string of the molecule is COc1cc(N2CCCC(N(C)C)C2)c([N+](=O)[O-])cc1Nc1ncc(C(=O)OC(C)C)c(N2CC(C)(C)c3nc(C)ccc32)n1. The molecule has 0 amide bonds. The maximum absolute atomic E-state index is 13.2. The van der Waals surface area contributed by atoms with Gasteiger partial charge in [-0.3, -0.25) is 15.1 Å². The molecule has 4 heterocycles. The fourth-order valence-corrected chi connectivity index (χ4v) is 6.01. The number of hydrogen-bond acceptors (Lipinski definition) is 12. The Hall–Kier alpha value is -4.52. The quantitative estimate of drug-likeness (QED) is 0.187. The lowest BCUT2D eigenvalue weighted by molar-refractivity contribution is -0.384. The van der Waals surface area contributed by atoms with E-state index in [1.165, 1.54) is 19.4 Å². The van der Waals surface area contributed by atoms with Crippen molar-refractivity contribution in [3.05, 3.63) is 57.5 Å². The molecule has 0 spiro atoms. The van der Waals surface area contributed by atoms with E-state index in [1.54, 1.807) is 19.9 Å². The minimum Gasteiger partial charge on any atom is -0.494 e. The lowest BCUT2D eigenvalue weighted by Gasteiger charge is -2.37. The largest absolute Gasteiger partial charge is 0.494 e. The number of anilines is 5. The maximum atomic E-state index is 13.2. The second-order valence-corrected chi connectivity index (χ2v) is 12.8. The summed E-state index contributed by atoms with van der Waals surface area (Å²) in [4.78, 5) is 45.3. The summed E-state index contributed by atoms with van der Waals surface area (Å²) in [5, 5.41) is 15.5. The van der Waals surface area contributed by atoms with Crippen molar-refractivity contribution in [3.63, 3.8) is 0 Å². The van der Waals surface area contributed by atoms with Crippen molar-refractivity contribution in [2.75, 3.05) is 56.0 Å². The molecular formula is C32H42N8O5. The van der Waals surface area contributed by atoms with Crippen molar-refractivity contribution in [1.82, 2.24) is 19.9 Å². The molecule has 0 radical (unpaired) electrons. The Labute approximate surface area is 263 Å². The number of carbonyl (C=O) groups is 1. The maximum Gasteiger partial charge on any atom is 0.343 e. The number of ether oxygens (including phenoxy) is 2. The Kier molecular flexibility index (Phi) is 8.83. The van der Waals surface area contributed by atoms with E-state index in [-0.39, 0.29) is 39.7 Å². The number of likely N-dealkylation sites (N-methyl/N-ethyl adjacent to an activating group) is 1. The van der Waals surface area contributed by atoms with Gasteiger partial charge in [0.2, 0.25) is 5.95 Å². The number of carbonyl (C=O) groups excluding carboxylic acids is 1. The first-order chi connectivity index (χ1) is 21.3. The van der Waals surface area contributed by atoms with Gasteiger partial charge in [0.1, 0.15) is 17.0 Å². The molecule has 45 heavy (non-hydrogen) atoms. The minimum atomic E-state index is -0.548. The zero-order chi connectivity index (χ0) is 32.6. The van der Waals surface area contributed by atoms with Gasteiger partial charge in [0, 0.05) is 55.1 Å². The molecule has 0 aliphatic carbocycles. The van der Waals surface area contributed by atoms with Crippen LogP contribution in [0, 0.1) is 17.0 Å². The van der Waals surface area contributed by atoms with Gasteiger partial charge >= 0.3 is 5.97 Å². The summed E-state index contributed by atoms with van der Waals surface area (Å²) in [6, 6.07) is 7.34. The zero-order valence-corrected chi connectivity index (χ0v) is 27.2. The molecule has 2 aromatic heterocycles. The van der Waals surface area contributed by atoms with Crippen LogP contribution in [0.15, 0.2) is 30.5 Å². The Morgan fingerprint density at radius 1 is 1.20 bits per heavy atom. The number of nitrogens with one attached hydrogen (secondary N) is 1. The van der Waals surface area contributed by atoms with Gasteiger partial charge in [-0.1, -0.05) is 13.8 Å². The first-order valence-electron chi connectivity index (χ1n) is 15.2. The first kappa shape index (κ1) is 31.9. The third-order valence-corrected chi connectivity index (χ3v) is 8.29. The van der Waals surface area contributed by atoms with E-state index in [0.717, 1.165) is 29.9 Å². The minimum absolute atomic E-state index is 0.0493. The van der Waals surface area contributed by atoms with Crippen molar-refractivity contribution in [3.8, 4) is 5.75 Å². The number of piperidine rings is 1. The van der Waals surface area contributed by atoms with Crippen LogP contribution in [0.3, 0.4) is 0 Å². The van der Waals surface area contributed by atoms with E-state index < -0.39 is 5.97 Å². The van der Waals surface area contributed by atoms with Crippen LogP contribution in [0.25, 0.3) is 0 Å². The van der Waals surface area contributed by atoms with Crippen LogP contribution in [0.1, 0.15) is 62.3 Å². The van der Waals surface area contributed by atoms with Crippen molar-refractivity contribution in [2.45, 2.75) is 65.0 Å². The first-order valence-corrected chi connectivity index (χ1v) is 15.2. The monoisotopic (exact) mass is 618 g/mol. The number of fused-ring (bicyclic) bond motifs is 1. The third-order valence-electron chi connectivity index (χ3n) is 8.29. The highest BCUT2D eigenvalue weighted by atomic mass is 16.6. The normalized spacial score (nSPS) is 17.4. The van der Waals surface area contributed by atoms with Crippen LogP contribution in [-0.2, 0) is 10.2 Å². The van der Waals surface area contributed by atoms with Crippen LogP contribution < -0.4 is 19.9 Å². The van der Waals surface area contributed by atoms with E-state index >= 15 is 0 Å². The average molecular weight is 619 g/mol. The summed E-state index contributed by atoms with van der Waals surface area (Å²) in [5.41, 5.74) is 3.30. The van der Waals surface area contributed by atoms with Gasteiger partial charge < -0.3 is 29.5 Å². The molecule has 1 unspecified atom stereocenters. The Morgan fingerprint density at radius 3 is 2.62 bits per heavy atom. The number of aromatic nitrogens is 3. The Balaban J connectivity index is 1.56. The molecule has 240 valence electrons. The summed E-state index contributed by atoms with van der Waals surface area (Å²) in [7, 11) is 5.57. The van der Waals surface area contributed by atoms with Crippen LogP contribution in [0.4, 0.5) is 34.5 Å². The Bertz CT molecular complexity index is 1610. The number of nitro groups is 1. The predicted molar refractivity (Wildman–Crippen MR) is 173 cm³/mol. The van der Waals surface area contributed by atoms with Gasteiger partial charge in [0.05, 0.1) is 35.2 Å². The highest BCUT2D eigenvalue weighted by molar-refractivity contribution is 5.96. The van der Waals surface area contributed by atoms with Gasteiger partial charge in [-0.05, 0) is 59.8 Å². The Morgan fingerprint density at radius 2 is 1.96 bits per heavy atom. The summed E-state index contributed by atoms with van der Waals surface area (Å²) in [5.74, 6) is 0.350. The van der Waals surface area contributed by atoms with Crippen LogP contribution in [-0.4, -0.2) is 83.7 Å². The van der Waals surface area contributed by atoms with Gasteiger partial charge in [-0.25, -0.2) is 9.78 Å². The molecule has 1 aromatic carbocycles. The molecule has 1 fully saturated rings. The molecule has 13 nitrogen and oxygen atoms in total. The van der Waals surface area contributed by atoms with Gasteiger partial charge in [-0.15, -0.1) is 0 Å². The number of nitro benzene ring substituents is 1. The van der Waals surface area contributed by atoms with Crippen LogP contribution in [0.5, 0.6) is 5.75 Å². The van der Waals surface area contributed by atoms with Crippen LogP contribution >= 0.6 is 0 Å². The lowest BCUT2D eigenvalue weighted by Crippen LogP contribution is -2.45. The fraction of sp³-hybridized carbons (Fsp3) is 0.500. The lowest BCUT2D eigenvalue weighted by atomic mass is 9.91. The highest BCUT2D eigenvalue weighted by Crippen LogP contribution is 2.45. The summed E-state index contributed by atoms with van der Waals surface area (Å²) < 4.78 is 11.2. The second kappa shape index (κ2) is 12.5. The predicted octanol–water partition coefficient (Wildman–Crippen LogP) is 5.37. The molecule has 1 N–H and O–H groups in total. The van der Waals surface area contributed by atoms with Crippen molar-refractivity contribution < 1.29 is 19.2 Å². The zero-order valence-electron chi connectivity index (χ0n) is 27.2. The third kappa shape index (κ3) is 6.48. The number of methoxy groups -OCH3 is 1. The number of esters is 1. The number of aryl methyl sites for hydroxylation is 1. The molecular weight excluding hydrogens is 576 g/mol. The number of hydrogen-bond donors (Lipinski definition) is 1. The van der Waals surface area contributed by atoms with E-state index in [2.05, 4.69) is 29.0 Å². The van der Waals surface area contributed by atoms with Crippen LogP contribution in [0.2, 0.25) is 0 Å². The van der Waals surface area contributed by atoms with Crippen molar-refractivity contribution in [1.29, 1.82) is 0 Å². The summed E-state index contributed by atoms with van der Waals surface area (Å²) in [6.07, 6.45) is 3.04. The van der Waals surface area contributed by atoms with E-state index in [4.69, 9.17) is 19.4 Å². The average Bonchev–Trinajstić information content (AvgIpc) is 3.26. The molecule has 2 aliphatic rings. The molecule has 0 saturated carbocycles. The molecule has 1 atom stereocenters. The van der Waals surface area contributed by atoms with E-state index in [9.17, 15) is 14.9 Å². The van der Waals surface area contributed by atoms with Crippen molar-refractivity contribution >= 4 is 40.5 Å². The number of benzene rings is 1. The molecule has 5 rings (SSSR count). The van der Waals surface area contributed by atoms with Gasteiger partial charge in [0.15, 0.2) is 5.82 Å². The standard InChI is InChI=1S/C32H42N8O5/c1-19(2)45-30(41)22-16-33-31(36-29(22)39-18-32(4,5)28-24(39)12-11-20(3)34-28)35-23-14-26(40(42)43)25(15-27(23)44-8)38-13-9-10-21(17-38)37(6)7/h11-12,14-16,19,21H,9-10,13,17-18H2,1-8H3,(H,33,35,36). The molecule has 2 aliphatic heterocycles. The fourth-order valence-electron chi connectivity index (χ4n) is 6.01. The van der Waals surface area contributed by atoms with Gasteiger partial charge in [0.25, 0.3) is 5.69 Å². The topological polar surface area (TPSA) is 139 Å². The second-order valence-electron chi connectivity index (χ2n) is 12.8. The van der Waals surface area contributed by atoms with Gasteiger partial charge in [-0.2, -0.15) is 4.98 Å². The molecule has 0 bridgehead atoms. The van der Waals surface area contributed by atoms with E-state index in [0.29, 0.717) is 42.6 Å². The summed E-state index contributed by atoms with van der Waals surface area (Å²) in [6.45, 7) is 11.6.